The van der Waals surface area contributed by atoms with Crippen molar-refractivity contribution in [3.05, 3.63) is 48.6 Å². The molecule has 0 amide bonds. The van der Waals surface area contributed by atoms with Crippen LogP contribution < -0.4 is 0 Å². The van der Waals surface area contributed by atoms with E-state index in [0.717, 1.165) is 44.9 Å². The molecule has 50 heavy (non-hydrogen) atoms. The number of aliphatic hydroxyl groups excluding tert-OH is 3. The first-order chi connectivity index (χ1) is 24.4. The summed E-state index contributed by atoms with van der Waals surface area (Å²) in [6.45, 7) is 3.94. The van der Waals surface area contributed by atoms with Gasteiger partial charge in [0.15, 0.2) is 0 Å². The molecule has 0 aromatic carbocycles. The van der Waals surface area contributed by atoms with Crippen LogP contribution in [0.5, 0.6) is 0 Å². The Kier molecular flexibility index (Phi) is 36.3. The maximum atomic E-state index is 12.0. The number of aliphatic hydroxyl groups is 3. The number of hydrogen-bond acceptors (Lipinski definition) is 7. The summed E-state index contributed by atoms with van der Waals surface area (Å²) in [5.41, 5.74) is 0. The highest BCUT2D eigenvalue weighted by atomic mass is 16.6. The summed E-state index contributed by atoms with van der Waals surface area (Å²) in [5.74, 6) is -0.839. The maximum Gasteiger partial charge on any atom is 0.305 e. The molecule has 0 unspecified atom stereocenters. The Balaban J connectivity index is 3.65. The minimum Gasteiger partial charge on any atom is -0.463 e. The van der Waals surface area contributed by atoms with E-state index in [1.165, 1.54) is 89.9 Å². The summed E-state index contributed by atoms with van der Waals surface area (Å²) in [6, 6.07) is 0. The molecule has 290 valence electrons. The van der Waals surface area contributed by atoms with Crippen molar-refractivity contribution in [2.75, 3.05) is 13.2 Å². The van der Waals surface area contributed by atoms with E-state index >= 15 is 0 Å². The van der Waals surface area contributed by atoms with Crippen LogP contribution in [0.25, 0.3) is 0 Å². The smallest absolute Gasteiger partial charge is 0.305 e. The van der Waals surface area contributed by atoms with E-state index in [9.17, 15) is 24.9 Å². The van der Waals surface area contributed by atoms with E-state index in [4.69, 9.17) is 9.47 Å². The highest BCUT2D eigenvalue weighted by Gasteiger charge is 2.16. The third-order valence-corrected chi connectivity index (χ3v) is 8.78. The van der Waals surface area contributed by atoms with Gasteiger partial charge < -0.3 is 24.8 Å². The molecule has 0 spiro atoms. The van der Waals surface area contributed by atoms with Crippen LogP contribution in [0.2, 0.25) is 0 Å². The van der Waals surface area contributed by atoms with Crippen LogP contribution in [0, 0.1) is 0 Å². The van der Waals surface area contributed by atoms with Crippen LogP contribution in [0.1, 0.15) is 181 Å². The van der Waals surface area contributed by atoms with Gasteiger partial charge in [-0.2, -0.15) is 0 Å². The van der Waals surface area contributed by atoms with E-state index in [1.807, 2.05) is 12.2 Å². The van der Waals surface area contributed by atoms with Crippen LogP contribution in [-0.2, 0) is 19.1 Å². The number of unbranched alkanes of at least 4 members (excludes halogenated alkanes) is 16. The van der Waals surface area contributed by atoms with Crippen LogP contribution >= 0.6 is 0 Å². The topological polar surface area (TPSA) is 113 Å². The van der Waals surface area contributed by atoms with Gasteiger partial charge in [-0.3, -0.25) is 9.59 Å². The molecule has 0 aliphatic carbocycles. The lowest BCUT2D eigenvalue weighted by molar-refractivity contribution is -0.152. The number of esters is 2. The number of hydrogen-bond donors (Lipinski definition) is 3. The first-order valence-corrected chi connectivity index (χ1v) is 20.4. The van der Waals surface area contributed by atoms with Crippen LogP contribution in [0.15, 0.2) is 48.6 Å². The van der Waals surface area contributed by atoms with Crippen molar-refractivity contribution < 1.29 is 34.4 Å². The number of ether oxygens (including phenoxy) is 2. The maximum absolute atomic E-state index is 12.0. The zero-order valence-electron chi connectivity index (χ0n) is 32.1. The van der Waals surface area contributed by atoms with Crippen molar-refractivity contribution in [3.63, 3.8) is 0 Å². The minimum atomic E-state index is -1.07. The summed E-state index contributed by atoms with van der Waals surface area (Å²) in [7, 11) is 0. The van der Waals surface area contributed by atoms with Crippen molar-refractivity contribution in [1.29, 1.82) is 0 Å². The molecule has 0 saturated carbocycles. The first kappa shape index (κ1) is 47.8. The highest BCUT2D eigenvalue weighted by molar-refractivity contribution is 5.69. The molecular formula is C43H76O7. The monoisotopic (exact) mass is 705 g/mol. The standard InChI is InChI=1S/C43H76O7/c1-3-5-7-9-11-13-15-17-18-19-20-21-23-25-27-29-31-35-42(47)49-37-39(44)38-50-43(48)36-32-34-41(46)40(45)33-30-28-26-24-22-16-14-12-10-8-6-4-2/h6,8,12,14,22,24,28,30,39-41,44-46H,3-5,7,9-11,13,15-21,23,25-27,29,31-38H2,1-2H3/b8-6-,14-12-,24-22-,30-28-/t39-,40+,41+/m1/s1. The van der Waals surface area contributed by atoms with Gasteiger partial charge in [0.25, 0.3) is 0 Å². The molecule has 0 aromatic rings. The van der Waals surface area contributed by atoms with E-state index in [0.29, 0.717) is 19.3 Å². The lowest BCUT2D eigenvalue weighted by Gasteiger charge is -2.16. The van der Waals surface area contributed by atoms with E-state index in [-0.39, 0.29) is 32.0 Å². The minimum absolute atomic E-state index is 0.0690. The van der Waals surface area contributed by atoms with E-state index in [2.05, 4.69) is 50.3 Å². The summed E-state index contributed by atoms with van der Waals surface area (Å²) in [5, 5.41) is 30.4. The lowest BCUT2D eigenvalue weighted by Crippen LogP contribution is -2.26. The van der Waals surface area contributed by atoms with Crippen molar-refractivity contribution >= 4 is 11.9 Å². The average Bonchev–Trinajstić information content (AvgIpc) is 3.11. The molecule has 7 nitrogen and oxygen atoms in total. The third-order valence-electron chi connectivity index (χ3n) is 8.78. The molecule has 0 aliphatic rings. The summed E-state index contributed by atoms with van der Waals surface area (Å²) < 4.78 is 10.2. The second kappa shape index (κ2) is 38.0. The first-order valence-electron chi connectivity index (χ1n) is 20.4. The fraction of sp³-hybridized carbons (Fsp3) is 0.767. The predicted molar refractivity (Wildman–Crippen MR) is 208 cm³/mol. The predicted octanol–water partition coefficient (Wildman–Crippen LogP) is 10.6. The van der Waals surface area contributed by atoms with Crippen molar-refractivity contribution in [2.24, 2.45) is 0 Å². The Morgan fingerprint density at radius 3 is 1.30 bits per heavy atom. The van der Waals surface area contributed by atoms with Gasteiger partial charge in [-0.25, -0.2) is 0 Å². The molecule has 3 atom stereocenters. The molecule has 0 aromatic heterocycles. The van der Waals surface area contributed by atoms with Gasteiger partial charge in [0.1, 0.15) is 19.3 Å². The number of allylic oxidation sites excluding steroid dienone is 7. The molecule has 0 bridgehead atoms. The van der Waals surface area contributed by atoms with Gasteiger partial charge in [0, 0.05) is 12.8 Å². The number of carbonyl (C=O) groups excluding carboxylic acids is 2. The van der Waals surface area contributed by atoms with E-state index in [1.54, 1.807) is 0 Å². The SMILES string of the molecule is CC/C=C\C/C=C\C/C=C\C/C=C\C[C@H](O)[C@@H](O)CCCC(=O)OC[C@H](O)COC(=O)CCCCCCCCCCCCCCCCCCC. The third kappa shape index (κ3) is 35.6. The van der Waals surface area contributed by atoms with Crippen LogP contribution in [-0.4, -0.2) is 58.8 Å². The van der Waals surface area contributed by atoms with Crippen molar-refractivity contribution in [2.45, 2.75) is 199 Å². The molecule has 0 fully saturated rings. The molecule has 0 rings (SSSR count). The fourth-order valence-corrected chi connectivity index (χ4v) is 5.59. The Morgan fingerprint density at radius 2 is 0.860 bits per heavy atom. The van der Waals surface area contributed by atoms with E-state index < -0.39 is 24.3 Å². The van der Waals surface area contributed by atoms with Crippen molar-refractivity contribution in [1.82, 2.24) is 0 Å². The number of rotatable bonds is 36. The van der Waals surface area contributed by atoms with Gasteiger partial charge in [0.2, 0.25) is 0 Å². The van der Waals surface area contributed by atoms with Crippen LogP contribution in [0.4, 0.5) is 0 Å². The lowest BCUT2D eigenvalue weighted by atomic mass is 10.0. The van der Waals surface area contributed by atoms with Gasteiger partial charge >= 0.3 is 11.9 Å². The molecule has 0 saturated heterocycles. The zero-order chi connectivity index (χ0) is 36.8. The Labute approximate surface area is 306 Å². The normalized spacial score (nSPS) is 13.9. The quantitative estimate of drug-likeness (QED) is 0.0338. The van der Waals surface area contributed by atoms with Gasteiger partial charge in [0.05, 0.1) is 12.2 Å². The Morgan fingerprint density at radius 1 is 0.480 bits per heavy atom. The largest absolute Gasteiger partial charge is 0.463 e. The molecule has 3 N–H and O–H groups in total. The molecule has 7 heteroatoms. The molecule has 0 radical (unpaired) electrons. The Hall–Kier alpha value is -2.22. The number of carbonyl (C=O) groups is 2. The molecular weight excluding hydrogens is 628 g/mol. The average molecular weight is 705 g/mol. The second-order valence-corrected chi connectivity index (χ2v) is 13.7. The molecule has 0 aliphatic heterocycles. The summed E-state index contributed by atoms with van der Waals surface area (Å²) in [4.78, 5) is 24.0. The van der Waals surface area contributed by atoms with Gasteiger partial charge in [-0.15, -0.1) is 0 Å². The Bertz CT molecular complexity index is 878. The summed E-state index contributed by atoms with van der Waals surface area (Å²) >= 11 is 0. The zero-order valence-corrected chi connectivity index (χ0v) is 32.1. The second-order valence-electron chi connectivity index (χ2n) is 13.7. The van der Waals surface area contributed by atoms with Gasteiger partial charge in [-0.1, -0.05) is 165 Å². The van der Waals surface area contributed by atoms with Gasteiger partial charge in [-0.05, 0) is 51.4 Å². The van der Waals surface area contributed by atoms with Crippen LogP contribution in [0.3, 0.4) is 0 Å². The summed E-state index contributed by atoms with van der Waals surface area (Å²) in [6.07, 6.45) is 40.6. The fourth-order valence-electron chi connectivity index (χ4n) is 5.59. The highest BCUT2D eigenvalue weighted by Crippen LogP contribution is 2.15. The molecule has 0 heterocycles. The van der Waals surface area contributed by atoms with Crippen molar-refractivity contribution in [3.8, 4) is 0 Å².